The minimum absolute atomic E-state index is 0.0600. The summed E-state index contributed by atoms with van der Waals surface area (Å²) in [4.78, 5) is 36.3. The van der Waals surface area contributed by atoms with Gasteiger partial charge >= 0.3 is 11.9 Å². The van der Waals surface area contributed by atoms with Crippen LogP contribution in [-0.4, -0.2) is 32.4 Å². The second-order valence-corrected chi connectivity index (χ2v) is 6.98. The second-order valence-electron chi connectivity index (χ2n) is 5.30. The average molecular weight is 385 g/mol. The molecule has 0 saturated carbocycles. The van der Waals surface area contributed by atoms with Crippen molar-refractivity contribution in [1.29, 1.82) is 0 Å². The molecule has 0 bridgehead atoms. The first-order valence-corrected chi connectivity index (χ1v) is 8.54. The Morgan fingerprint density at radius 1 is 1.00 bits per heavy atom. The van der Waals surface area contributed by atoms with Crippen molar-refractivity contribution in [3.63, 3.8) is 0 Å². The number of anilines is 1. The van der Waals surface area contributed by atoms with Gasteiger partial charge in [0.1, 0.15) is 0 Å². The first kappa shape index (κ1) is 17.8. The molecular formula is C18H11NO5S2. The van der Waals surface area contributed by atoms with Crippen molar-refractivity contribution < 1.29 is 24.6 Å². The Labute approximate surface area is 157 Å². The van der Waals surface area contributed by atoms with Crippen molar-refractivity contribution in [1.82, 2.24) is 0 Å². The molecule has 1 heterocycles. The van der Waals surface area contributed by atoms with Gasteiger partial charge in [-0.2, -0.15) is 0 Å². The Morgan fingerprint density at radius 2 is 1.65 bits per heavy atom. The normalized spacial score (nSPS) is 15.5. The van der Waals surface area contributed by atoms with Crippen molar-refractivity contribution in [2.75, 3.05) is 4.90 Å². The summed E-state index contributed by atoms with van der Waals surface area (Å²) in [5.41, 5.74) is 1.26. The molecule has 1 saturated heterocycles. The number of thiocarbonyl (C=S) groups is 1. The number of amides is 1. The SMILES string of the molecule is O=C(O)c1ccc(/C=C2\SC(=S)N(c3cccc(C(=O)O)c3)C2=O)cc1. The molecule has 0 aliphatic carbocycles. The lowest BCUT2D eigenvalue weighted by Crippen LogP contribution is -2.27. The van der Waals surface area contributed by atoms with Crippen LogP contribution in [0.25, 0.3) is 6.08 Å². The molecule has 1 aliphatic rings. The van der Waals surface area contributed by atoms with E-state index < -0.39 is 11.9 Å². The van der Waals surface area contributed by atoms with E-state index in [-0.39, 0.29) is 17.0 Å². The van der Waals surface area contributed by atoms with E-state index in [1.54, 1.807) is 30.3 Å². The molecule has 0 atom stereocenters. The highest BCUT2D eigenvalue weighted by molar-refractivity contribution is 8.27. The van der Waals surface area contributed by atoms with Crippen molar-refractivity contribution in [2.45, 2.75) is 0 Å². The number of carboxylic acid groups (broad SMARTS) is 2. The number of hydrogen-bond donors (Lipinski definition) is 2. The highest BCUT2D eigenvalue weighted by Crippen LogP contribution is 2.36. The zero-order valence-electron chi connectivity index (χ0n) is 13.1. The van der Waals surface area contributed by atoms with Gasteiger partial charge in [-0.15, -0.1) is 0 Å². The maximum atomic E-state index is 12.7. The smallest absolute Gasteiger partial charge is 0.335 e. The van der Waals surface area contributed by atoms with E-state index in [1.165, 1.54) is 29.2 Å². The fourth-order valence-corrected chi connectivity index (χ4v) is 3.64. The van der Waals surface area contributed by atoms with E-state index >= 15 is 0 Å². The predicted molar refractivity (Wildman–Crippen MR) is 102 cm³/mol. The van der Waals surface area contributed by atoms with Crippen LogP contribution in [0.3, 0.4) is 0 Å². The molecule has 1 fully saturated rings. The summed E-state index contributed by atoms with van der Waals surface area (Å²) >= 11 is 6.36. The number of carbonyl (C=O) groups is 3. The first-order chi connectivity index (χ1) is 12.4. The Kier molecular flexibility index (Phi) is 4.88. The molecule has 2 aromatic rings. The van der Waals surface area contributed by atoms with E-state index in [4.69, 9.17) is 22.4 Å². The minimum atomic E-state index is -1.09. The number of nitrogens with zero attached hydrogens (tertiary/aromatic N) is 1. The van der Waals surface area contributed by atoms with Gasteiger partial charge in [-0.05, 0) is 42.0 Å². The summed E-state index contributed by atoms with van der Waals surface area (Å²) in [7, 11) is 0. The molecule has 3 rings (SSSR count). The van der Waals surface area contributed by atoms with Gasteiger partial charge < -0.3 is 10.2 Å². The third-order valence-electron chi connectivity index (χ3n) is 3.60. The van der Waals surface area contributed by atoms with Crippen LogP contribution in [0.2, 0.25) is 0 Å². The number of benzene rings is 2. The van der Waals surface area contributed by atoms with Crippen LogP contribution in [-0.2, 0) is 4.79 Å². The van der Waals surface area contributed by atoms with Crippen molar-refractivity contribution in [2.24, 2.45) is 0 Å². The summed E-state index contributed by atoms with van der Waals surface area (Å²) < 4.78 is 0.297. The van der Waals surface area contributed by atoms with Crippen molar-refractivity contribution >= 4 is 57.9 Å². The van der Waals surface area contributed by atoms with Crippen LogP contribution in [0, 0.1) is 0 Å². The maximum Gasteiger partial charge on any atom is 0.335 e. The molecule has 0 aromatic heterocycles. The number of aromatic carboxylic acids is 2. The van der Waals surface area contributed by atoms with E-state index in [0.29, 0.717) is 20.5 Å². The summed E-state index contributed by atoms with van der Waals surface area (Å²) in [6.45, 7) is 0. The highest BCUT2D eigenvalue weighted by atomic mass is 32.2. The fourth-order valence-electron chi connectivity index (χ4n) is 2.34. The van der Waals surface area contributed by atoms with Gasteiger partial charge in [0.05, 0.1) is 21.7 Å². The van der Waals surface area contributed by atoms with Gasteiger partial charge in [-0.25, -0.2) is 9.59 Å². The highest BCUT2D eigenvalue weighted by Gasteiger charge is 2.33. The predicted octanol–water partition coefficient (Wildman–Crippen LogP) is 3.49. The summed E-state index contributed by atoms with van der Waals surface area (Å²) in [5, 5.41) is 18.0. The molecular weight excluding hydrogens is 374 g/mol. The monoisotopic (exact) mass is 385 g/mol. The summed E-state index contributed by atoms with van der Waals surface area (Å²) in [5.74, 6) is -2.47. The molecule has 0 radical (unpaired) electrons. The second kappa shape index (κ2) is 7.11. The quantitative estimate of drug-likeness (QED) is 0.614. The van der Waals surface area contributed by atoms with Crippen molar-refractivity contribution in [3.8, 4) is 0 Å². The third-order valence-corrected chi connectivity index (χ3v) is 4.90. The van der Waals surface area contributed by atoms with E-state index in [0.717, 1.165) is 11.8 Å². The molecule has 2 N–H and O–H groups in total. The Hall–Kier alpha value is -2.97. The third kappa shape index (κ3) is 3.51. The van der Waals surface area contributed by atoms with Crippen LogP contribution < -0.4 is 4.90 Å². The van der Waals surface area contributed by atoms with Gasteiger partial charge in [0, 0.05) is 0 Å². The number of carboxylic acids is 2. The zero-order chi connectivity index (χ0) is 18.8. The van der Waals surface area contributed by atoms with Crippen molar-refractivity contribution in [3.05, 3.63) is 70.1 Å². The minimum Gasteiger partial charge on any atom is -0.478 e. The van der Waals surface area contributed by atoms with E-state index in [1.807, 2.05) is 0 Å². The van der Waals surface area contributed by atoms with Gasteiger partial charge in [0.25, 0.3) is 5.91 Å². The Balaban J connectivity index is 1.90. The van der Waals surface area contributed by atoms with E-state index in [2.05, 4.69) is 0 Å². The fraction of sp³-hybridized carbons (Fsp3) is 0. The standard InChI is InChI=1S/C18H11NO5S2/c20-15-14(8-10-4-6-11(7-5-10)16(21)22)26-18(25)19(15)13-3-1-2-12(9-13)17(23)24/h1-9H,(H,21,22)(H,23,24)/b14-8-. The lowest BCUT2D eigenvalue weighted by molar-refractivity contribution is -0.113. The molecule has 8 heteroatoms. The van der Waals surface area contributed by atoms with Crippen LogP contribution in [0.5, 0.6) is 0 Å². The topological polar surface area (TPSA) is 94.9 Å². The Bertz CT molecular complexity index is 966. The lowest BCUT2D eigenvalue weighted by Gasteiger charge is -2.14. The van der Waals surface area contributed by atoms with Crippen LogP contribution in [0.4, 0.5) is 5.69 Å². The maximum absolute atomic E-state index is 12.7. The molecule has 1 amide bonds. The van der Waals surface area contributed by atoms with Gasteiger partial charge in [0.15, 0.2) is 4.32 Å². The molecule has 0 spiro atoms. The Morgan fingerprint density at radius 3 is 2.27 bits per heavy atom. The number of hydrogen-bond acceptors (Lipinski definition) is 5. The van der Waals surface area contributed by atoms with Crippen LogP contribution in [0.1, 0.15) is 26.3 Å². The zero-order valence-corrected chi connectivity index (χ0v) is 14.7. The summed E-state index contributed by atoms with van der Waals surface area (Å²) in [6.07, 6.45) is 1.62. The van der Waals surface area contributed by atoms with Crippen LogP contribution >= 0.6 is 24.0 Å². The average Bonchev–Trinajstić information content (AvgIpc) is 2.89. The van der Waals surface area contributed by atoms with Gasteiger partial charge in [0.2, 0.25) is 0 Å². The number of carbonyl (C=O) groups excluding carboxylic acids is 1. The van der Waals surface area contributed by atoms with Gasteiger partial charge in [-0.3, -0.25) is 9.69 Å². The molecule has 2 aromatic carbocycles. The largest absolute Gasteiger partial charge is 0.478 e. The molecule has 26 heavy (non-hydrogen) atoms. The first-order valence-electron chi connectivity index (χ1n) is 7.31. The molecule has 0 unspecified atom stereocenters. The lowest BCUT2D eigenvalue weighted by atomic mass is 10.1. The van der Waals surface area contributed by atoms with Gasteiger partial charge in [-0.1, -0.05) is 42.2 Å². The number of rotatable bonds is 4. The summed E-state index contributed by atoms with van der Waals surface area (Å²) in [6, 6.07) is 12.1. The molecule has 6 nitrogen and oxygen atoms in total. The molecule has 1 aliphatic heterocycles. The van der Waals surface area contributed by atoms with Crippen LogP contribution in [0.15, 0.2) is 53.4 Å². The number of thioether (sulfide) groups is 1. The molecule has 130 valence electrons. The van der Waals surface area contributed by atoms with E-state index in [9.17, 15) is 14.4 Å².